The number of piperidine rings is 1. The van der Waals surface area contributed by atoms with E-state index in [0.29, 0.717) is 10.5 Å². The fraction of sp³-hybridized carbons (Fsp3) is 0.857. The third-order valence-corrected chi connectivity index (χ3v) is 2.74. The molecule has 1 rings (SSSR count). The van der Waals surface area contributed by atoms with Crippen molar-refractivity contribution < 1.29 is 4.74 Å². The second-order valence-corrected chi connectivity index (χ2v) is 3.93. The van der Waals surface area contributed by atoms with E-state index in [1.807, 2.05) is 6.26 Å². The van der Waals surface area contributed by atoms with Gasteiger partial charge >= 0.3 is 0 Å². The van der Waals surface area contributed by atoms with Crippen LogP contribution in [0.3, 0.4) is 0 Å². The predicted octanol–water partition coefficient (Wildman–Crippen LogP) is 1.40. The molecule has 1 saturated heterocycles. The first-order valence-corrected chi connectivity index (χ1v) is 5.41. The van der Waals surface area contributed by atoms with Crippen LogP contribution in [-0.2, 0) is 4.74 Å². The number of thioether (sulfide) groups is 1. The SMILES string of the molecule is CSC(=S)OC1CCNCC1. The topological polar surface area (TPSA) is 21.3 Å². The number of thiocarbonyl (C=S) groups is 1. The van der Waals surface area contributed by atoms with Crippen molar-refractivity contribution in [3.8, 4) is 0 Å². The highest BCUT2D eigenvalue weighted by Crippen LogP contribution is 2.11. The summed E-state index contributed by atoms with van der Waals surface area (Å²) in [4.78, 5) is 0. The van der Waals surface area contributed by atoms with E-state index in [1.165, 1.54) is 11.8 Å². The highest BCUT2D eigenvalue weighted by Gasteiger charge is 2.14. The molecule has 64 valence electrons. The van der Waals surface area contributed by atoms with Gasteiger partial charge < -0.3 is 10.1 Å². The quantitative estimate of drug-likeness (QED) is 0.632. The van der Waals surface area contributed by atoms with Crippen LogP contribution in [0.25, 0.3) is 0 Å². The van der Waals surface area contributed by atoms with Crippen LogP contribution in [-0.4, -0.2) is 29.8 Å². The average molecular weight is 191 g/mol. The van der Waals surface area contributed by atoms with Crippen LogP contribution < -0.4 is 5.32 Å². The first-order chi connectivity index (χ1) is 5.33. The largest absolute Gasteiger partial charge is 0.475 e. The summed E-state index contributed by atoms with van der Waals surface area (Å²) in [5.74, 6) is 0. The van der Waals surface area contributed by atoms with Crippen molar-refractivity contribution in [3.05, 3.63) is 0 Å². The summed E-state index contributed by atoms with van der Waals surface area (Å²) < 4.78 is 6.17. The first kappa shape index (κ1) is 9.29. The molecule has 1 aliphatic rings. The van der Waals surface area contributed by atoms with Crippen LogP contribution in [0.4, 0.5) is 0 Å². The summed E-state index contributed by atoms with van der Waals surface area (Å²) >= 11 is 6.46. The van der Waals surface area contributed by atoms with E-state index >= 15 is 0 Å². The molecule has 0 aliphatic carbocycles. The van der Waals surface area contributed by atoms with Crippen molar-refractivity contribution >= 4 is 28.4 Å². The Labute approximate surface area is 77.1 Å². The van der Waals surface area contributed by atoms with Crippen molar-refractivity contribution in [1.29, 1.82) is 0 Å². The summed E-state index contributed by atoms with van der Waals surface area (Å²) in [5, 5.41) is 3.28. The Kier molecular flexibility index (Phi) is 4.18. The van der Waals surface area contributed by atoms with Gasteiger partial charge in [0.1, 0.15) is 6.10 Å². The van der Waals surface area contributed by atoms with Crippen molar-refractivity contribution in [2.45, 2.75) is 18.9 Å². The fourth-order valence-corrected chi connectivity index (χ4v) is 1.47. The molecule has 11 heavy (non-hydrogen) atoms. The van der Waals surface area contributed by atoms with E-state index in [4.69, 9.17) is 17.0 Å². The monoisotopic (exact) mass is 191 g/mol. The van der Waals surface area contributed by atoms with Gasteiger partial charge in [-0.05, 0) is 44.4 Å². The van der Waals surface area contributed by atoms with Gasteiger partial charge in [0.15, 0.2) is 0 Å². The molecule has 0 spiro atoms. The third-order valence-electron chi connectivity index (χ3n) is 1.72. The van der Waals surface area contributed by atoms with Crippen LogP contribution in [0, 0.1) is 0 Å². The zero-order valence-corrected chi connectivity index (χ0v) is 8.26. The highest BCUT2D eigenvalue weighted by atomic mass is 32.2. The average Bonchev–Trinajstić information content (AvgIpc) is 2.06. The Balaban J connectivity index is 2.19. The van der Waals surface area contributed by atoms with Crippen molar-refractivity contribution in [2.75, 3.05) is 19.3 Å². The third kappa shape index (κ3) is 3.40. The molecule has 0 saturated carbocycles. The molecule has 0 radical (unpaired) electrons. The number of hydrogen-bond acceptors (Lipinski definition) is 4. The lowest BCUT2D eigenvalue weighted by Crippen LogP contribution is -2.33. The van der Waals surface area contributed by atoms with Crippen LogP contribution in [0.15, 0.2) is 0 Å². The molecule has 0 aromatic carbocycles. The predicted molar refractivity (Wildman–Crippen MR) is 53.1 cm³/mol. The van der Waals surface area contributed by atoms with Gasteiger partial charge in [-0.15, -0.1) is 0 Å². The van der Waals surface area contributed by atoms with Crippen molar-refractivity contribution in [2.24, 2.45) is 0 Å². The number of rotatable bonds is 1. The van der Waals surface area contributed by atoms with Crippen molar-refractivity contribution in [1.82, 2.24) is 5.32 Å². The lowest BCUT2D eigenvalue weighted by molar-refractivity contribution is 0.160. The number of ether oxygens (including phenoxy) is 1. The molecule has 1 aliphatic heterocycles. The molecule has 4 heteroatoms. The van der Waals surface area contributed by atoms with E-state index in [9.17, 15) is 0 Å². The molecule has 0 aromatic rings. The van der Waals surface area contributed by atoms with Gasteiger partial charge in [-0.25, -0.2) is 0 Å². The summed E-state index contributed by atoms with van der Waals surface area (Å²) in [6.45, 7) is 2.11. The first-order valence-electron chi connectivity index (χ1n) is 3.78. The van der Waals surface area contributed by atoms with E-state index < -0.39 is 0 Å². The molecular weight excluding hydrogens is 178 g/mol. The number of nitrogens with one attached hydrogen (secondary N) is 1. The van der Waals surface area contributed by atoms with Crippen molar-refractivity contribution in [3.63, 3.8) is 0 Å². The summed E-state index contributed by atoms with van der Waals surface area (Å²) in [6, 6.07) is 0. The number of hydrogen-bond donors (Lipinski definition) is 1. The fourth-order valence-electron chi connectivity index (χ4n) is 1.10. The zero-order chi connectivity index (χ0) is 8.10. The Morgan fingerprint density at radius 1 is 1.55 bits per heavy atom. The minimum Gasteiger partial charge on any atom is -0.475 e. The maximum Gasteiger partial charge on any atom is 0.219 e. The molecule has 1 N–H and O–H groups in total. The second-order valence-electron chi connectivity index (χ2n) is 2.52. The summed E-state index contributed by atoms with van der Waals surface area (Å²) in [7, 11) is 0. The molecule has 0 aromatic heterocycles. The Bertz CT molecular complexity index is 134. The molecule has 0 atom stereocenters. The normalized spacial score (nSPS) is 19.7. The Morgan fingerprint density at radius 2 is 2.18 bits per heavy atom. The molecule has 0 amide bonds. The zero-order valence-electron chi connectivity index (χ0n) is 6.63. The standard InChI is InChI=1S/C7H13NOS2/c1-11-7(10)9-6-2-4-8-5-3-6/h6,8H,2-5H2,1H3. The van der Waals surface area contributed by atoms with Gasteiger partial charge in [0.25, 0.3) is 0 Å². The highest BCUT2D eigenvalue weighted by molar-refractivity contribution is 8.22. The van der Waals surface area contributed by atoms with E-state index in [0.717, 1.165) is 25.9 Å². The molecule has 0 unspecified atom stereocenters. The minimum absolute atomic E-state index is 0.358. The molecule has 2 nitrogen and oxygen atoms in total. The minimum atomic E-state index is 0.358. The van der Waals surface area contributed by atoms with Crippen LogP contribution >= 0.6 is 24.0 Å². The van der Waals surface area contributed by atoms with Gasteiger partial charge in [0, 0.05) is 0 Å². The maximum atomic E-state index is 5.49. The van der Waals surface area contributed by atoms with Crippen LogP contribution in [0.5, 0.6) is 0 Å². The molecular formula is C7H13NOS2. The van der Waals surface area contributed by atoms with Gasteiger partial charge in [0.05, 0.1) is 0 Å². The summed E-state index contributed by atoms with van der Waals surface area (Å²) in [6.07, 6.45) is 4.47. The van der Waals surface area contributed by atoms with Gasteiger partial charge in [-0.2, -0.15) is 0 Å². The smallest absolute Gasteiger partial charge is 0.219 e. The lowest BCUT2D eigenvalue weighted by Gasteiger charge is -2.23. The van der Waals surface area contributed by atoms with Gasteiger partial charge in [-0.3, -0.25) is 0 Å². The molecule has 1 fully saturated rings. The lowest BCUT2D eigenvalue weighted by atomic mass is 10.1. The van der Waals surface area contributed by atoms with E-state index in [1.54, 1.807) is 0 Å². The Hall–Kier alpha value is 0.200. The second kappa shape index (κ2) is 4.95. The van der Waals surface area contributed by atoms with Gasteiger partial charge in [-0.1, -0.05) is 11.8 Å². The van der Waals surface area contributed by atoms with Crippen LogP contribution in [0.1, 0.15) is 12.8 Å². The van der Waals surface area contributed by atoms with E-state index in [2.05, 4.69) is 5.32 Å². The maximum absolute atomic E-state index is 5.49. The van der Waals surface area contributed by atoms with Gasteiger partial charge in [0.2, 0.25) is 4.38 Å². The van der Waals surface area contributed by atoms with Crippen LogP contribution in [0.2, 0.25) is 0 Å². The summed E-state index contributed by atoms with van der Waals surface area (Å²) in [5.41, 5.74) is 0. The molecule has 1 heterocycles. The van der Waals surface area contributed by atoms with E-state index in [-0.39, 0.29) is 0 Å². The molecule has 0 bridgehead atoms. The Morgan fingerprint density at radius 3 is 2.73 bits per heavy atom.